The van der Waals surface area contributed by atoms with Gasteiger partial charge in [0.15, 0.2) is 0 Å². The van der Waals surface area contributed by atoms with Crippen molar-refractivity contribution in [2.24, 2.45) is 53.3 Å². The zero-order valence-electron chi connectivity index (χ0n) is 38.5. The third kappa shape index (κ3) is 9.25. The summed E-state index contributed by atoms with van der Waals surface area (Å²) in [6.07, 6.45) is 39.9. The van der Waals surface area contributed by atoms with Gasteiger partial charge in [0.05, 0.1) is 81.3 Å². The Morgan fingerprint density at radius 1 is 0.387 bits per heavy atom. The van der Waals surface area contributed by atoms with E-state index in [2.05, 4.69) is 31.2 Å². The molecular formula is C55H82O6Si. The molecule has 6 aliphatic carbocycles. The molecule has 0 aromatic heterocycles. The second-order valence-electron chi connectivity index (χ2n) is 24.8. The number of ether oxygens (including phenoxy) is 6. The molecule has 21 atom stereocenters. The number of benzene rings is 1. The number of hydrogen-bond acceptors (Lipinski definition) is 6. The van der Waals surface area contributed by atoms with Crippen LogP contribution >= 0.6 is 0 Å². The maximum atomic E-state index is 6.37. The highest BCUT2D eigenvalue weighted by Crippen LogP contribution is 2.54. The topological polar surface area (TPSA) is 75.2 Å². The van der Waals surface area contributed by atoms with Crippen LogP contribution in [0.2, 0.25) is 18.1 Å². The van der Waals surface area contributed by atoms with Gasteiger partial charge in [0.25, 0.3) is 0 Å². The van der Waals surface area contributed by atoms with E-state index in [-0.39, 0.29) is 0 Å². The highest BCUT2D eigenvalue weighted by atomic mass is 28.3. The summed E-state index contributed by atoms with van der Waals surface area (Å²) in [6, 6.07) is 15.1. The Kier molecular flexibility index (Phi) is 11.4. The molecule has 6 heterocycles. The van der Waals surface area contributed by atoms with Gasteiger partial charge in [-0.2, -0.15) is 0 Å². The molecule has 1 aromatic carbocycles. The smallest absolute Gasteiger partial charge is 0.0875 e. The van der Waals surface area contributed by atoms with E-state index >= 15 is 0 Å². The molecule has 0 radical (unpaired) electrons. The summed E-state index contributed by atoms with van der Waals surface area (Å²) in [6.45, 7) is 2.34. The van der Waals surface area contributed by atoms with Crippen LogP contribution in [0.15, 0.2) is 24.3 Å². The third-order valence-electron chi connectivity index (χ3n) is 20.9. The number of hydrogen-bond donors (Lipinski definition) is 0. The molecule has 6 saturated carbocycles. The van der Waals surface area contributed by atoms with Crippen LogP contribution < -0.4 is 5.19 Å². The van der Waals surface area contributed by atoms with Crippen LogP contribution in [0, 0.1) is 60.2 Å². The fraction of sp³-hybridized carbons (Fsp3) is 0.891. The first kappa shape index (κ1) is 41.4. The van der Waals surface area contributed by atoms with E-state index in [0.717, 1.165) is 53.3 Å². The first-order chi connectivity index (χ1) is 30.4. The number of rotatable bonds is 19. The van der Waals surface area contributed by atoms with Crippen molar-refractivity contribution in [2.75, 3.05) is 0 Å². The van der Waals surface area contributed by atoms with Crippen molar-refractivity contribution in [1.29, 1.82) is 0 Å². The van der Waals surface area contributed by atoms with E-state index in [1.54, 1.807) is 0 Å². The Balaban J connectivity index is 0.860. The summed E-state index contributed by atoms with van der Waals surface area (Å²) in [4.78, 5) is 0. The van der Waals surface area contributed by atoms with Crippen molar-refractivity contribution in [3.8, 4) is 0 Å². The average Bonchev–Trinajstić information content (AvgIpc) is 4.07. The van der Waals surface area contributed by atoms with E-state index in [1.807, 2.05) is 5.19 Å². The van der Waals surface area contributed by atoms with Gasteiger partial charge < -0.3 is 28.4 Å². The first-order valence-corrected chi connectivity index (χ1v) is 30.1. The minimum Gasteiger partial charge on any atom is -0.370 e. The predicted molar refractivity (Wildman–Crippen MR) is 245 cm³/mol. The standard InChI is InChI=1S/C55H82O6Si/c1-33-2-16-43(17-3-33)62(30-40(37-13-21-47-53(27-37)59-47)10-4-34-7-18-44-50(24-34)56-44,31-41(38-14-22-48-54(28-38)60-48)11-5-35-8-19-45-51(25-35)57-45)32-42(39-15-23-49-55(29-39)61-49)12-6-36-9-20-46-52(26-36)58-46/h2-3,16-17,34-42,44-55H,4-15,18-32H2,1H3. The van der Waals surface area contributed by atoms with E-state index in [0.29, 0.717) is 73.2 Å². The molecule has 62 heavy (non-hydrogen) atoms. The number of fused-ring (bicyclic) bond motifs is 6. The summed E-state index contributed by atoms with van der Waals surface area (Å²) >= 11 is 0. The fourth-order valence-corrected chi connectivity index (χ4v) is 23.4. The normalized spacial score (nSPS) is 47.7. The molecule has 0 bridgehead atoms. The zero-order chi connectivity index (χ0) is 40.9. The van der Waals surface area contributed by atoms with Crippen LogP contribution in [0.3, 0.4) is 0 Å². The maximum Gasteiger partial charge on any atom is 0.0875 e. The molecular weight excluding hydrogens is 785 g/mol. The summed E-state index contributed by atoms with van der Waals surface area (Å²) in [7, 11) is -2.13. The minimum atomic E-state index is -2.13. The lowest BCUT2D eigenvalue weighted by molar-refractivity contribution is 0.223. The van der Waals surface area contributed by atoms with Gasteiger partial charge in [-0.25, -0.2) is 0 Å². The highest BCUT2D eigenvalue weighted by molar-refractivity contribution is 6.92. The largest absolute Gasteiger partial charge is 0.370 e. The van der Waals surface area contributed by atoms with Gasteiger partial charge in [0.2, 0.25) is 0 Å². The Bertz CT molecular complexity index is 1560. The molecule has 12 fully saturated rings. The lowest BCUT2D eigenvalue weighted by Gasteiger charge is -2.46. The van der Waals surface area contributed by atoms with Crippen molar-refractivity contribution in [1.82, 2.24) is 0 Å². The van der Waals surface area contributed by atoms with Gasteiger partial charge >= 0.3 is 0 Å². The predicted octanol–water partition coefficient (Wildman–Crippen LogP) is 11.2. The molecule has 0 amide bonds. The Morgan fingerprint density at radius 3 is 1.00 bits per heavy atom. The van der Waals surface area contributed by atoms with Crippen LogP contribution in [-0.2, 0) is 28.4 Å². The van der Waals surface area contributed by atoms with Gasteiger partial charge in [-0.3, -0.25) is 0 Å². The van der Waals surface area contributed by atoms with Crippen LogP contribution in [0.25, 0.3) is 0 Å². The fourth-order valence-electron chi connectivity index (χ4n) is 16.7. The summed E-state index contributed by atoms with van der Waals surface area (Å²) < 4.78 is 37.5. The molecule has 1 aromatic rings. The zero-order valence-corrected chi connectivity index (χ0v) is 39.5. The lowest BCUT2D eigenvalue weighted by atomic mass is 9.76. The number of aryl methyl sites for hydroxylation is 1. The minimum absolute atomic E-state index is 0.556. The average molecular weight is 867 g/mol. The second kappa shape index (κ2) is 17.1. The third-order valence-corrected chi connectivity index (χ3v) is 26.4. The van der Waals surface area contributed by atoms with Gasteiger partial charge in [0.1, 0.15) is 0 Å². The van der Waals surface area contributed by atoms with Crippen molar-refractivity contribution >= 4 is 13.3 Å². The summed E-state index contributed by atoms with van der Waals surface area (Å²) in [5.41, 5.74) is 1.44. The van der Waals surface area contributed by atoms with Crippen molar-refractivity contribution in [2.45, 2.75) is 252 Å². The maximum absolute atomic E-state index is 6.37. The molecule has 13 rings (SSSR count). The monoisotopic (exact) mass is 867 g/mol. The number of epoxide rings is 6. The van der Waals surface area contributed by atoms with Crippen LogP contribution in [0.4, 0.5) is 0 Å². The molecule has 6 aliphatic heterocycles. The molecule has 21 unspecified atom stereocenters. The van der Waals surface area contributed by atoms with Crippen LogP contribution in [0.5, 0.6) is 0 Å². The molecule has 6 nitrogen and oxygen atoms in total. The first-order valence-electron chi connectivity index (χ1n) is 27.4. The van der Waals surface area contributed by atoms with Gasteiger partial charge in [0, 0.05) is 0 Å². The molecule has 7 heteroatoms. The summed E-state index contributed by atoms with van der Waals surface area (Å²) in [5.74, 6) is 7.54. The van der Waals surface area contributed by atoms with Gasteiger partial charge in [-0.15, -0.1) is 0 Å². The Labute approximate surface area is 375 Å². The molecule has 342 valence electrons. The Morgan fingerprint density at radius 2 is 0.694 bits per heavy atom. The molecule has 6 saturated heterocycles. The van der Waals surface area contributed by atoms with Crippen molar-refractivity contribution in [3.05, 3.63) is 29.8 Å². The van der Waals surface area contributed by atoms with Crippen LogP contribution in [-0.4, -0.2) is 81.3 Å². The SMILES string of the molecule is Cc1ccc([Si](CC(CCC2CCC3OC3C2)C2CCC3OC3C2)(CC(CCC2CCC3OC3C2)C2CCC3OC3C2)CC(CCC2CCC3OC3C2)C2CCC3OC3C2)cc1. The second-order valence-corrected chi connectivity index (χ2v) is 29.2. The van der Waals surface area contributed by atoms with Gasteiger partial charge in [-0.1, -0.05) is 91.7 Å². The molecule has 12 aliphatic rings. The Hall–Kier alpha value is -0.803. The van der Waals surface area contributed by atoms with Crippen LogP contribution in [0.1, 0.15) is 160 Å². The van der Waals surface area contributed by atoms with Crippen molar-refractivity contribution < 1.29 is 28.4 Å². The van der Waals surface area contributed by atoms with E-state index < -0.39 is 8.07 Å². The molecule has 0 N–H and O–H groups in total. The van der Waals surface area contributed by atoms with Crippen molar-refractivity contribution in [3.63, 3.8) is 0 Å². The van der Waals surface area contributed by atoms with Gasteiger partial charge in [-0.05, 0) is 176 Å². The highest BCUT2D eigenvalue weighted by Gasteiger charge is 2.54. The van der Waals surface area contributed by atoms with E-state index in [4.69, 9.17) is 28.4 Å². The quantitative estimate of drug-likeness (QED) is 0.102. The van der Waals surface area contributed by atoms with E-state index in [1.165, 1.54) is 178 Å². The lowest BCUT2D eigenvalue weighted by Crippen LogP contribution is -2.54. The molecule has 0 spiro atoms. The summed E-state index contributed by atoms with van der Waals surface area (Å²) in [5, 5.41) is 1.85. The van der Waals surface area contributed by atoms with E-state index in [9.17, 15) is 0 Å².